The Bertz CT molecular complexity index is 555. The van der Waals surface area contributed by atoms with Crippen LogP contribution in [0, 0.1) is 0 Å². The summed E-state index contributed by atoms with van der Waals surface area (Å²) in [6, 6.07) is 19.1. The lowest BCUT2D eigenvalue weighted by Crippen LogP contribution is -2.24. The van der Waals surface area contributed by atoms with E-state index in [1.165, 1.54) is 22.3 Å². The molecule has 2 aromatic rings. The van der Waals surface area contributed by atoms with E-state index in [1.807, 2.05) is 6.07 Å². The Hall–Kier alpha value is -1.86. The maximum Gasteiger partial charge on any atom is 0.0274 e. The molecule has 3 rings (SSSR count). The third-order valence-electron chi connectivity index (χ3n) is 3.23. The minimum Gasteiger partial charge on any atom is -0.324 e. The lowest BCUT2D eigenvalue weighted by Gasteiger charge is -2.22. The highest BCUT2D eigenvalue weighted by Gasteiger charge is 2.17. The van der Waals surface area contributed by atoms with Gasteiger partial charge >= 0.3 is 0 Å². The minimum atomic E-state index is 0.125. The quantitative estimate of drug-likeness (QED) is 0.787. The van der Waals surface area contributed by atoms with E-state index in [9.17, 15) is 0 Å². The summed E-state index contributed by atoms with van der Waals surface area (Å²) in [5.74, 6) is 0. The van der Waals surface area contributed by atoms with Gasteiger partial charge in [0, 0.05) is 6.04 Å². The second-order valence-electron chi connectivity index (χ2n) is 4.47. The molecule has 1 aliphatic carbocycles. The minimum absolute atomic E-state index is 0.125. The maximum absolute atomic E-state index is 6.10. The summed E-state index contributed by atoms with van der Waals surface area (Å²) in [7, 11) is 0. The molecule has 1 heteroatoms. The molecule has 0 amide bonds. The maximum atomic E-state index is 6.10. The van der Waals surface area contributed by atoms with Gasteiger partial charge in [-0.15, -0.1) is 0 Å². The van der Waals surface area contributed by atoms with Crippen LogP contribution >= 0.6 is 0 Å². The Morgan fingerprint density at radius 1 is 0.882 bits per heavy atom. The van der Waals surface area contributed by atoms with Crippen LogP contribution in [-0.4, -0.2) is 6.04 Å². The third kappa shape index (κ3) is 1.90. The van der Waals surface area contributed by atoms with Gasteiger partial charge in [-0.2, -0.15) is 0 Å². The first kappa shape index (κ1) is 10.3. The van der Waals surface area contributed by atoms with Gasteiger partial charge in [-0.3, -0.25) is 0 Å². The Labute approximate surface area is 102 Å². The number of rotatable bonds is 1. The highest BCUT2D eigenvalue weighted by atomic mass is 14.6. The van der Waals surface area contributed by atoms with Crippen molar-refractivity contribution in [1.29, 1.82) is 0 Å². The van der Waals surface area contributed by atoms with Crippen molar-refractivity contribution in [3.63, 3.8) is 0 Å². The van der Waals surface area contributed by atoms with Gasteiger partial charge < -0.3 is 5.73 Å². The third-order valence-corrected chi connectivity index (χ3v) is 3.23. The fourth-order valence-electron chi connectivity index (χ4n) is 2.45. The molecule has 1 atom stereocenters. The standard InChI is InChI=1S/C16H15N/c17-14-10-13-8-4-5-9-15(13)16(11-14)12-6-2-1-3-7-12/h1-9,11,14H,10,17H2. The zero-order valence-electron chi connectivity index (χ0n) is 9.64. The van der Waals surface area contributed by atoms with Crippen molar-refractivity contribution in [3.05, 3.63) is 77.4 Å². The SMILES string of the molecule is NC1C=C(c2ccccc2)c2ccccc2C1. The zero-order valence-corrected chi connectivity index (χ0v) is 9.64. The van der Waals surface area contributed by atoms with Crippen molar-refractivity contribution in [3.8, 4) is 0 Å². The zero-order chi connectivity index (χ0) is 11.7. The molecule has 0 saturated heterocycles. The normalized spacial score (nSPS) is 18.4. The van der Waals surface area contributed by atoms with E-state index in [0.717, 1.165) is 6.42 Å². The van der Waals surface area contributed by atoms with Crippen molar-refractivity contribution in [2.45, 2.75) is 12.5 Å². The lowest BCUT2D eigenvalue weighted by molar-refractivity contribution is 0.798. The van der Waals surface area contributed by atoms with Crippen LogP contribution in [0.3, 0.4) is 0 Å². The molecular weight excluding hydrogens is 206 g/mol. The Morgan fingerprint density at radius 2 is 1.59 bits per heavy atom. The van der Waals surface area contributed by atoms with Crippen LogP contribution < -0.4 is 5.73 Å². The van der Waals surface area contributed by atoms with E-state index in [4.69, 9.17) is 5.73 Å². The summed E-state index contributed by atoms with van der Waals surface area (Å²) < 4.78 is 0. The van der Waals surface area contributed by atoms with E-state index in [-0.39, 0.29) is 6.04 Å². The summed E-state index contributed by atoms with van der Waals surface area (Å²) in [5.41, 5.74) is 11.3. The van der Waals surface area contributed by atoms with Gasteiger partial charge in [0.25, 0.3) is 0 Å². The Balaban J connectivity index is 2.16. The average Bonchev–Trinajstić information content (AvgIpc) is 2.39. The van der Waals surface area contributed by atoms with Crippen LogP contribution in [0.2, 0.25) is 0 Å². The summed E-state index contributed by atoms with van der Waals surface area (Å²) in [6.07, 6.45) is 3.12. The molecule has 2 N–H and O–H groups in total. The van der Waals surface area contributed by atoms with Crippen molar-refractivity contribution in [2.75, 3.05) is 0 Å². The molecular formula is C16H15N. The smallest absolute Gasteiger partial charge is 0.0274 e. The van der Waals surface area contributed by atoms with Crippen molar-refractivity contribution in [1.82, 2.24) is 0 Å². The van der Waals surface area contributed by atoms with Crippen LogP contribution in [0.15, 0.2) is 60.7 Å². The van der Waals surface area contributed by atoms with Crippen LogP contribution in [0.25, 0.3) is 5.57 Å². The highest BCUT2D eigenvalue weighted by Crippen LogP contribution is 2.30. The van der Waals surface area contributed by atoms with Gasteiger partial charge in [-0.05, 0) is 28.7 Å². The number of hydrogen-bond donors (Lipinski definition) is 1. The molecule has 1 unspecified atom stereocenters. The highest BCUT2D eigenvalue weighted by molar-refractivity contribution is 5.83. The van der Waals surface area contributed by atoms with E-state index >= 15 is 0 Å². The second-order valence-corrected chi connectivity index (χ2v) is 4.47. The molecule has 1 nitrogen and oxygen atoms in total. The first-order valence-electron chi connectivity index (χ1n) is 5.96. The van der Waals surface area contributed by atoms with E-state index in [2.05, 4.69) is 54.6 Å². The van der Waals surface area contributed by atoms with Crippen molar-refractivity contribution in [2.24, 2.45) is 5.73 Å². The molecule has 84 valence electrons. The largest absolute Gasteiger partial charge is 0.324 e. The van der Waals surface area contributed by atoms with E-state index in [0.29, 0.717) is 0 Å². The molecule has 0 saturated carbocycles. The number of nitrogens with two attached hydrogens (primary N) is 1. The van der Waals surface area contributed by atoms with Gasteiger partial charge in [0.15, 0.2) is 0 Å². The topological polar surface area (TPSA) is 26.0 Å². The lowest BCUT2D eigenvalue weighted by atomic mass is 9.85. The molecule has 0 bridgehead atoms. The number of fused-ring (bicyclic) bond motifs is 1. The fourth-order valence-corrected chi connectivity index (χ4v) is 2.45. The molecule has 1 aliphatic rings. The molecule has 0 aliphatic heterocycles. The van der Waals surface area contributed by atoms with E-state index < -0.39 is 0 Å². The molecule has 0 spiro atoms. The van der Waals surface area contributed by atoms with Gasteiger partial charge in [0.05, 0.1) is 0 Å². The van der Waals surface area contributed by atoms with Gasteiger partial charge in [0.1, 0.15) is 0 Å². The van der Waals surface area contributed by atoms with Gasteiger partial charge in [-0.1, -0.05) is 60.7 Å². The van der Waals surface area contributed by atoms with E-state index in [1.54, 1.807) is 0 Å². The molecule has 2 aromatic carbocycles. The van der Waals surface area contributed by atoms with Crippen molar-refractivity contribution < 1.29 is 0 Å². The van der Waals surface area contributed by atoms with Crippen LogP contribution in [-0.2, 0) is 6.42 Å². The second kappa shape index (κ2) is 4.19. The molecule has 0 radical (unpaired) electrons. The van der Waals surface area contributed by atoms with Gasteiger partial charge in [0.2, 0.25) is 0 Å². The fraction of sp³-hybridized carbons (Fsp3) is 0.125. The summed E-state index contributed by atoms with van der Waals surface area (Å²) in [5, 5.41) is 0. The Kier molecular flexibility index (Phi) is 2.54. The van der Waals surface area contributed by atoms with Crippen molar-refractivity contribution >= 4 is 5.57 Å². The first-order valence-corrected chi connectivity index (χ1v) is 5.96. The summed E-state index contributed by atoms with van der Waals surface area (Å²) >= 11 is 0. The summed E-state index contributed by atoms with van der Waals surface area (Å²) in [4.78, 5) is 0. The Morgan fingerprint density at radius 3 is 2.41 bits per heavy atom. The monoisotopic (exact) mass is 221 g/mol. The molecule has 0 fully saturated rings. The molecule has 0 aromatic heterocycles. The summed E-state index contributed by atoms with van der Waals surface area (Å²) in [6.45, 7) is 0. The van der Waals surface area contributed by atoms with Gasteiger partial charge in [-0.25, -0.2) is 0 Å². The average molecular weight is 221 g/mol. The first-order chi connectivity index (χ1) is 8.34. The number of hydrogen-bond acceptors (Lipinski definition) is 1. The molecule has 0 heterocycles. The predicted molar refractivity (Wildman–Crippen MR) is 71.6 cm³/mol. The van der Waals surface area contributed by atoms with Crippen LogP contribution in [0.5, 0.6) is 0 Å². The predicted octanol–water partition coefficient (Wildman–Crippen LogP) is 3.00. The number of benzene rings is 2. The van der Waals surface area contributed by atoms with Crippen LogP contribution in [0.1, 0.15) is 16.7 Å². The molecule has 17 heavy (non-hydrogen) atoms. The van der Waals surface area contributed by atoms with Crippen LogP contribution in [0.4, 0.5) is 0 Å².